The molecule has 36 heavy (non-hydrogen) atoms. The summed E-state index contributed by atoms with van der Waals surface area (Å²) in [6, 6.07) is 1.51. The molecule has 0 aromatic rings. The Morgan fingerprint density at radius 3 is 0.972 bits per heavy atom. The van der Waals surface area contributed by atoms with Crippen LogP contribution in [0.25, 0.3) is 0 Å². The molecule has 9 N–H and O–H groups in total. The first-order valence-electron chi connectivity index (χ1n) is 13.8. The predicted molar refractivity (Wildman–Crippen MR) is 142 cm³/mol. The van der Waals surface area contributed by atoms with E-state index in [0.717, 1.165) is 17.8 Å². The first-order chi connectivity index (χ1) is 16.8. The van der Waals surface area contributed by atoms with E-state index in [1.54, 1.807) is 0 Å². The molecule has 212 valence electrons. The second-order valence-corrected chi connectivity index (χ2v) is 11.0. The van der Waals surface area contributed by atoms with Crippen LogP contribution in [-0.2, 0) is 14.4 Å². The quantitative estimate of drug-likeness (QED) is 0.311. The van der Waals surface area contributed by atoms with Gasteiger partial charge in [-0.3, -0.25) is 14.4 Å². The minimum absolute atomic E-state index is 0.503. The fraction of sp³-hybridized carbons (Fsp3) is 0.889. The van der Waals surface area contributed by atoms with E-state index >= 15 is 0 Å². The highest BCUT2D eigenvalue weighted by molar-refractivity contribution is 5.82. The van der Waals surface area contributed by atoms with Gasteiger partial charge in [0, 0.05) is 18.1 Å². The summed E-state index contributed by atoms with van der Waals surface area (Å²) in [5.74, 6) is -3.04. The van der Waals surface area contributed by atoms with Gasteiger partial charge in [0.25, 0.3) is 0 Å². The maximum absolute atomic E-state index is 10.2. The maximum atomic E-state index is 10.2. The summed E-state index contributed by atoms with van der Waals surface area (Å²) in [5, 5.41) is 24.7. The van der Waals surface area contributed by atoms with E-state index < -0.39 is 36.7 Å². The van der Waals surface area contributed by atoms with Crippen LogP contribution in [0.4, 0.5) is 0 Å². The number of hydrogen-bond donors (Lipinski definition) is 6. The number of rotatable bonds is 5. The zero-order chi connectivity index (χ0) is 27.7. The molecule has 0 aromatic carbocycles. The van der Waals surface area contributed by atoms with Crippen LogP contribution in [0.1, 0.15) is 111 Å². The van der Waals surface area contributed by atoms with Crippen molar-refractivity contribution in [3.05, 3.63) is 0 Å². The van der Waals surface area contributed by atoms with Crippen LogP contribution in [-0.4, -0.2) is 51.4 Å². The second-order valence-electron chi connectivity index (χ2n) is 11.0. The van der Waals surface area contributed by atoms with Gasteiger partial charge in [-0.15, -0.1) is 0 Å². The Morgan fingerprint density at radius 2 is 0.833 bits per heavy atom. The lowest BCUT2D eigenvalue weighted by atomic mass is 9.87. The van der Waals surface area contributed by atoms with Gasteiger partial charge in [0.1, 0.15) is 0 Å². The molecule has 3 rings (SSSR count). The van der Waals surface area contributed by atoms with Crippen LogP contribution in [0.5, 0.6) is 0 Å². The highest BCUT2D eigenvalue weighted by atomic mass is 16.4. The minimum Gasteiger partial charge on any atom is -0.481 e. The molecule has 9 heteroatoms. The Morgan fingerprint density at radius 1 is 0.583 bits per heavy atom. The molecule has 0 saturated heterocycles. The maximum Gasteiger partial charge on any atom is 0.307 e. The van der Waals surface area contributed by atoms with Gasteiger partial charge in [0.15, 0.2) is 0 Å². The molecule has 0 amide bonds. The third kappa shape index (κ3) is 16.9. The highest BCUT2D eigenvalue weighted by Gasteiger charge is 2.23. The van der Waals surface area contributed by atoms with Crippen molar-refractivity contribution in [1.29, 1.82) is 0 Å². The van der Waals surface area contributed by atoms with Crippen molar-refractivity contribution in [1.82, 2.24) is 0 Å². The molecular weight excluding hydrogens is 462 g/mol. The van der Waals surface area contributed by atoms with Gasteiger partial charge in [0.2, 0.25) is 0 Å². The number of nitrogens with two attached hydrogens (primary N) is 3. The third-order valence-corrected chi connectivity index (χ3v) is 7.72. The van der Waals surface area contributed by atoms with Crippen LogP contribution in [0.3, 0.4) is 0 Å². The molecule has 6 atom stereocenters. The van der Waals surface area contributed by atoms with Crippen LogP contribution < -0.4 is 17.2 Å². The standard InChI is InChI=1S/3C7H15N.C6H8O6/c3*1-6-4-2-3-5-7(6)8;7-4(8)1-3(6(11)12)2-5(9)10/h3*6-7H,2-5,8H2,1H3;3H,1-2H2,(H,7,8)(H,9,10)(H,11,12). The second kappa shape index (κ2) is 19.4. The Balaban J connectivity index is 0.000000460. The highest BCUT2D eigenvalue weighted by Crippen LogP contribution is 2.23. The summed E-state index contributed by atoms with van der Waals surface area (Å²) in [7, 11) is 0. The van der Waals surface area contributed by atoms with Gasteiger partial charge in [-0.1, -0.05) is 59.3 Å². The molecular formula is C27H53N3O6. The van der Waals surface area contributed by atoms with Gasteiger partial charge < -0.3 is 32.5 Å². The lowest BCUT2D eigenvalue weighted by Crippen LogP contribution is -2.30. The van der Waals surface area contributed by atoms with Gasteiger partial charge in [-0.2, -0.15) is 0 Å². The zero-order valence-electron chi connectivity index (χ0n) is 22.7. The fourth-order valence-electron chi connectivity index (χ4n) is 4.70. The Hall–Kier alpha value is -1.71. The summed E-state index contributed by atoms with van der Waals surface area (Å²) >= 11 is 0. The first-order valence-corrected chi connectivity index (χ1v) is 13.8. The van der Waals surface area contributed by atoms with Gasteiger partial charge in [-0.25, -0.2) is 0 Å². The Bertz CT molecular complexity index is 539. The van der Waals surface area contributed by atoms with Crippen LogP contribution in [0, 0.1) is 23.7 Å². The largest absolute Gasteiger partial charge is 0.481 e. The monoisotopic (exact) mass is 515 g/mol. The van der Waals surface area contributed by atoms with E-state index in [1.165, 1.54) is 77.0 Å². The van der Waals surface area contributed by atoms with Crippen molar-refractivity contribution in [2.75, 3.05) is 0 Å². The first kappa shape index (κ1) is 34.3. The molecule has 9 nitrogen and oxygen atoms in total. The third-order valence-electron chi connectivity index (χ3n) is 7.72. The number of carboxylic acid groups (broad SMARTS) is 3. The number of carboxylic acids is 3. The topological polar surface area (TPSA) is 190 Å². The average molecular weight is 516 g/mol. The van der Waals surface area contributed by atoms with Gasteiger partial charge in [-0.05, 0) is 56.3 Å². The Kier molecular flexibility index (Phi) is 18.5. The normalized spacial score (nSPS) is 29.8. The molecule has 0 radical (unpaired) electrons. The summed E-state index contributed by atoms with van der Waals surface area (Å²) < 4.78 is 0. The summed E-state index contributed by atoms with van der Waals surface area (Å²) in [6.45, 7) is 6.76. The van der Waals surface area contributed by atoms with E-state index in [4.69, 9.17) is 32.5 Å². The molecule has 0 aliphatic heterocycles. The van der Waals surface area contributed by atoms with E-state index in [-0.39, 0.29) is 0 Å². The Labute approximate surface area is 217 Å². The molecule has 0 spiro atoms. The van der Waals surface area contributed by atoms with Crippen molar-refractivity contribution in [3.63, 3.8) is 0 Å². The molecule has 6 unspecified atom stereocenters. The molecule has 3 aliphatic rings. The molecule has 0 aromatic heterocycles. The lowest BCUT2D eigenvalue weighted by molar-refractivity contribution is -0.152. The lowest BCUT2D eigenvalue weighted by Gasteiger charge is -2.24. The van der Waals surface area contributed by atoms with E-state index in [9.17, 15) is 14.4 Å². The number of carbonyl (C=O) groups is 3. The van der Waals surface area contributed by atoms with Gasteiger partial charge in [0.05, 0.1) is 18.8 Å². The predicted octanol–water partition coefficient (Wildman–Crippen LogP) is 4.21. The summed E-state index contributed by atoms with van der Waals surface area (Å²) in [6.07, 6.45) is 14.7. The minimum atomic E-state index is -1.40. The molecule has 0 heterocycles. The summed E-state index contributed by atoms with van der Waals surface area (Å²) in [4.78, 5) is 30.3. The summed E-state index contributed by atoms with van der Waals surface area (Å²) in [5.41, 5.74) is 17.3. The average Bonchev–Trinajstić information content (AvgIpc) is 2.80. The SMILES string of the molecule is CC1CCCCC1N.CC1CCCCC1N.CC1CCCCC1N.O=C(O)CC(CC(=O)O)C(=O)O. The molecule has 3 saturated carbocycles. The van der Waals surface area contributed by atoms with Crippen molar-refractivity contribution >= 4 is 17.9 Å². The van der Waals surface area contributed by atoms with Crippen molar-refractivity contribution in [3.8, 4) is 0 Å². The van der Waals surface area contributed by atoms with Crippen molar-refractivity contribution < 1.29 is 29.7 Å². The van der Waals surface area contributed by atoms with E-state index in [1.807, 2.05) is 0 Å². The number of aliphatic carboxylic acids is 3. The van der Waals surface area contributed by atoms with Crippen LogP contribution in [0.15, 0.2) is 0 Å². The smallest absolute Gasteiger partial charge is 0.307 e. The van der Waals surface area contributed by atoms with E-state index in [0.29, 0.717) is 18.1 Å². The number of hydrogen-bond acceptors (Lipinski definition) is 6. The molecule has 3 aliphatic carbocycles. The zero-order valence-corrected chi connectivity index (χ0v) is 22.7. The fourth-order valence-corrected chi connectivity index (χ4v) is 4.70. The molecule has 3 fully saturated rings. The van der Waals surface area contributed by atoms with Crippen molar-refractivity contribution in [2.45, 2.75) is 129 Å². The van der Waals surface area contributed by atoms with E-state index in [2.05, 4.69) is 20.8 Å². The van der Waals surface area contributed by atoms with Crippen LogP contribution >= 0.6 is 0 Å². The van der Waals surface area contributed by atoms with Crippen LogP contribution in [0.2, 0.25) is 0 Å². The van der Waals surface area contributed by atoms with Gasteiger partial charge >= 0.3 is 17.9 Å². The molecule has 0 bridgehead atoms. The van der Waals surface area contributed by atoms with Crippen molar-refractivity contribution in [2.24, 2.45) is 40.9 Å².